The van der Waals surface area contributed by atoms with Crippen LogP contribution in [0.15, 0.2) is 35.5 Å². The number of amides is 1. The van der Waals surface area contributed by atoms with Crippen LogP contribution in [0.1, 0.15) is 51.9 Å². The zero-order valence-corrected chi connectivity index (χ0v) is 20.1. The summed E-state index contributed by atoms with van der Waals surface area (Å²) in [5, 5.41) is 5.15. The molecule has 4 rings (SSSR count). The molecule has 1 saturated carbocycles. The SMILES string of the molecule is Cc1cc(C2=NO[C@@](c3cc(Cl)cc(C(F)(F)F)c3F)(C(F)(F)F)C2)ccc1C(=O)NCC1CC(F)(F)C1. The highest BCUT2D eigenvalue weighted by Gasteiger charge is 2.64. The summed E-state index contributed by atoms with van der Waals surface area (Å²) in [7, 11) is 0. The fourth-order valence-corrected chi connectivity index (χ4v) is 4.70. The average Bonchev–Trinajstić information content (AvgIpc) is 3.23. The monoisotopic (exact) mass is 572 g/mol. The van der Waals surface area contributed by atoms with Crippen molar-refractivity contribution in [1.82, 2.24) is 5.32 Å². The third-order valence-corrected chi connectivity index (χ3v) is 6.71. The Hall–Kier alpha value is -2.96. The number of hydrogen-bond acceptors (Lipinski definition) is 3. The summed E-state index contributed by atoms with van der Waals surface area (Å²) >= 11 is 5.61. The van der Waals surface area contributed by atoms with Crippen molar-refractivity contribution in [3.8, 4) is 0 Å². The van der Waals surface area contributed by atoms with Crippen molar-refractivity contribution in [3.05, 3.63) is 69.0 Å². The van der Waals surface area contributed by atoms with Crippen LogP contribution in [0.2, 0.25) is 5.02 Å². The molecule has 2 aromatic rings. The van der Waals surface area contributed by atoms with E-state index in [1.54, 1.807) is 0 Å². The molecule has 1 aliphatic carbocycles. The summed E-state index contributed by atoms with van der Waals surface area (Å²) in [6.07, 6.45) is -12.6. The van der Waals surface area contributed by atoms with Gasteiger partial charge in [0.15, 0.2) is 0 Å². The minimum absolute atomic E-state index is 0.0232. The Kier molecular flexibility index (Phi) is 6.90. The lowest BCUT2D eigenvalue weighted by atomic mass is 9.81. The standard InChI is InChI=1S/C24H18ClF9N2O2/c1-11-4-13(2-3-15(11)20(37)35-10-12-7-21(27,28)8-12)18-9-22(38-36-18,24(32,33)34)16-5-14(25)6-17(19(16)26)23(29,30)31/h2-6,12H,7-10H2,1H3,(H,35,37)/t22-/m0/s1. The highest BCUT2D eigenvalue weighted by Crippen LogP contribution is 2.51. The Morgan fingerprint density at radius 3 is 2.34 bits per heavy atom. The normalized spacial score (nSPS) is 21.5. The van der Waals surface area contributed by atoms with Crippen molar-refractivity contribution >= 4 is 23.2 Å². The van der Waals surface area contributed by atoms with Crippen LogP contribution in [0.5, 0.6) is 0 Å². The predicted molar refractivity (Wildman–Crippen MR) is 118 cm³/mol. The second kappa shape index (κ2) is 9.35. The zero-order valence-electron chi connectivity index (χ0n) is 19.3. The number of hydrogen-bond donors (Lipinski definition) is 1. The van der Waals surface area contributed by atoms with Gasteiger partial charge >= 0.3 is 12.4 Å². The molecule has 1 atom stereocenters. The molecule has 38 heavy (non-hydrogen) atoms. The quantitative estimate of drug-likeness (QED) is 0.387. The molecule has 2 aromatic carbocycles. The Bertz CT molecular complexity index is 1300. The zero-order chi connectivity index (χ0) is 28.3. The highest BCUT2D eigenvalue weighted by atomic mass is 35.5. The van der Waals surface area contributed by atoms with Crippen LogP contribution in [-0.2, 0) is 16.6 Å². The number of benzene rings is 2. The van der Waals surface area contributed by atoms with Crippen molar-refractivity contribution in [2.24, 2.45) is 11.1 Å². The summed E-state index contributed by atoms with van der Waals surface area (Å²) in [6, 6.07) is 4.40. The molecule has 0 aromatic heterocycles. The maximum absolute atomic E-state index is 14.8. The average molecular weight is 573 g/mol. The van der Waals surface area contributed by atoms with E-state index in [4.69, 9.17) is 11.6 Å². The molecule has 0 bridgehead atoms. The third-order valence-electron chi connectivity index (χ3n) is 6.49. The molecule has 0 unspecified atom stereocenters. The number of rotatable bonds is 5. The molecule has 14 heteroatoms. The molecule has 1 fully saturated rings. The Balaban J connectivity index is 1.59. The molecular weight excluding hydrogens is 555 g/mol. The Morgan fingerprint density at radius 2 is 1.79 bits per heavy atom. The summed E-state index contributed by atoms with van der Waals surface area (Å²) < 4.78 is 123. The molecule has 1 amide bonds. The summed E-state index contributed by atoms with van der Waals surface area (Å²) in [5.74, 6) is -5.90. The number of nitrogens with zero attached hydrogens (tertiary/aromatic N) is 1. The van der Waals surface area contributed by atoms with Crippen molar-refractivity contribution in [2.45, 2.75) is 50.1 Å². The van der Waals surface area contributed by atoms with Gasteiger partial charge < -0.3 is 10.2 Å². The van der Waals surface area contributed by atoms with Gasteiger partial charge in [0.25, 0.3) is 11.5 Å². The molecule has 1 N–H and O–H groups in total. The smallest absolute Gasteiger partial charge is 0.374 e. The molecule has 4 nitrogen and oxygen atoms in total. The van der Waals surface area contributed by atoms with E-state index < -0.39 is 58.2 Å². The van der Waals surface area contributed by atoms with Crippen LogP contribution in [0, 0.1) is 18.7 Å². The number of carbonyl (C=O) groups excluding carboxylic acids is 1. The molecule has 0 radical (unpaired) electrons. The van der Waals surface area contributed by atoms with Crippen molar-refractivity contribution in [2.75, 3.05) is 6.54 Å². The van der Waals surface area contributed by atoms with Crippen LogP contribution in [0.25, 0.3) is 0 Å². The minimum atomic E-state index is -5.40. The number of nitrogens with one attached hydrogen (secondary N) is 1. The van der Waals surface area contributed by atoms with E-state index in [0.717, 1.165) is 0 Å². The number of halogens is 10. The van der Waals surface area contributed by atoms with E-state index >= 15 is 0 Å². The highest BCUT2D eigenvalue weighted by molar-refractivity contribution is 6.30. The fourth-order valence-electron chi connectivity index (χ4n) is 4.49. The van der Waals surface area contributed by atoms with Gasteiger partial charge in [-0.2, -0.15) is 26.3 Å². The largest absolute Gasteiger partial charge is 0.435 e. The van der Waals surface area contributed by atoms with Crippen molar-refractivity contribution in [3.63, 3.8) is 0 Å². The topological polar surface area (TPSA) is 50.7 Å². The molecule has 0 spiro atoms. The van der Waals surface area contributed by atoms with Gasteiger partial charge in [0, 0.05) is 35.5 Å². The first-order valence-corrected chi connectivity index (χ1v) is 11.5. The van der Waals surface area contributed by atoms with Crippen LogP contribution in [-0.4, -0.2) is 30.3 Å². The van der Waals surface area contributed by atoms with Gasteiger partial charge in [-0.05, 0) is 48.2 Å². The number of carbonyl (C=O) groups is 1. The van der Waals surface area contributed by atoms with Crippen molar-refractivity contribution in [1.29, 1.82) is 0 Å². The van der Waals surface area contributed by atoms with Gasteiger partial charge in [0.2, 0.25) is 5.92 Å². The molecule has 206 valence electrons. The van der Waals surface area contributed by atoms with Gasteiger partial charge in [-0.1, -0.05) is 22.8 Å². The maximum atomic E-state index is 14.8. The van der Waals surface area contributed by atoms with E-state index in [-0.39, 0.29) is 48.2 Å². The van der Waals surface area contributed by atoms with E-state index in [2.05, 4.69) is 15.3 Å². The number of alkyl halides is 8. The predicted octanol–water partition coefficient (Wildman–Crippen LogP) is 7.16. The Morgan fingerprint density at radius 1 is 1.13 bits per heavy atom. The molecule has 0 saturated heterocycles. The van der Waals surface area contributed by atoms with Gasteiger partial charge in [-0.15, -0.1) is 0 Å². The van der Waals surface area contributed by atoms with Crippen LogP contribution < -0.4 is 5.32 Å². The van der Waals surface area contributed by atoms with Crippen molar-refractivity contribution < 1.29 is 49.1 Å². The Labute approximate surface area is 214 Å². The first kappa shape index (κ1) is 28.1. The molecular formula is C24H18ClF9N2O2. The van der Waals surface area contributed by atoms with E-state index in [1.807, 2.05) is 0 Å². The number of aryl methyl sites for hydroxylation is 1. The van der Waals surface area contributed by atoms with Gasteiger partial charge in [-0.3, -0.25) is 4.79 Å². The molecule has 1 heterocycles. The first-order valence-electron chi connectivity index (χ1n) is 11.1. The summed E-state index contributed by atoms with van der Waals surface area (Å²) in [4.78, 5) is 17.1. The third kappa shape index (κ3) is 5.16. The fraction of sp³-hybridized carbons (Fsp3) is 0.417. The second-order valence-electron chi connectivity index (χ2n) is 9.31. The van der Waals surface area contributed by atoms with E-state index in [1.165, 1.54) is 25.1 Å². The number of oxime groups is 1. The summed E-state index contributed by atoms with van der Waals surface area (Å²) in [6.45, 7) is 1.49. The molecule has 1 aliphatic heterocycles. The lowest BCUT2D eigenvalue weighted by Crippen LogP contribution is -2.43. The molecule has 2 aliphatic rings. The second-order valence-corrected chi connectivity index (χ2v) is 9.75. The maximum Gasteiger partial charge on any atom is 0.435 e. The van der Waals surface area contributed by atoms with Gasteiger partial charge in [0.1, 0.15) is 5.82 Å². The van der Waals surface area contributed by atoms with Crippen LogP contribution in [0.4, 0.5) is 39.5 Å². The van der Waals surface area contributed by atoms with Crippen LogP contribution in [0.3, 0.4) is 0 Å². The van der Waals surface area contributed by atoms with Crippen LogP contribution >= 0.6 is 11.6 Å². The van der Waals surface area contributed by atoms with E-state index in [9.17, 15) is 44.3 Å². The lowest BCUT2D eigenvalue weighted by Gasteiger charge is -2.34. The van der Waals surface area contributed by atoms with Gasteiger partial charge in [-0.25, -0.2) is 13.2 Å². The van der Waals surface area contributed by atoms with E-state index in [0.29, 0.717) is 11.6 Å². The first-order chi connectivity index (χ1) is 17.4. The summed E-state index contributed by atoms with van der Waals surface area (Å²) in [5.41, 5.74) is -6.96. The van der Waals surface area contributed by atoms with Gasteiger partial charge in [0.05, 0.1) is 17.7 Å². The minimum Gasteiger partial charge on any atom is -0.374 e. The lowest BCUT2D eigenvalue weighted by molar-refractivity contribution is -0.277.